The minimum atomic E-state index is 0.290. The van der Waals surface area contributed by atoms with E-state index in [1.54, 1.807) is 6.33 Å². The van der Waals surface area contributed by atoms with Crippen molar-refractivity contribution in [3.05, 3.63) is 36.2 Å². The van der Waals surface area contributed by atoms with Crippen molar-refractivity contribution >= 4 is 22.4 Å². The third kappa shape index (κ3) is 3.77. The highest BCUT2D eigenvalue weighted by Gasteiger charge is 2.20. The molecule has 3 heterocycles. The molecule has 1 aliphatic heterocycles. The Bertz CT molecular complexity index is 945. The van der Waals surface area contributed by atoms with E-state index < -0.39 is 0 Å². The van der Waals surface area contributed by atoms with Gasteiger partial charge in [0.25, 0.3) is 0 Å². The number of nitrogens with zero attached hydrogens (tertiary/aromatic N) is 7. The number of hydrogen-bond acceptors (Lipinski definition) is 8. The first-order valence-corrected chi connectivity index (χ1v) is 9.73. The van der Waals surface area contributed by atoms with Crippen LogP contribution in [0.4, 0.5) is 11.5 Å². The van der Waals surface area contributed by atoms with Crippen LogP contribution in [-0.4, -0.2) is 65.3 Å². The van der Waals surface area contributed by atoms with Gasteiger partial charge in [-0.1, -0.05) is 19.0 Å². The molecule has 0 amide bonds. The van der Waals surface area contributed by atoms with Crippen molar-refractivity contribution < 1.29 is 4.52 Å². The number of hydrogen-bond donors (Lipinski definition) is 0. The number of piperazine rings is 1. The third-order valence-corrected chi connectivity index (χ3v) is 5.12. The summed E-state index contributed by atoms with van der Waals surface area (Å²) in [5.41, 5.74) is 2.18. The van der Waals surface area contributed by atoms with E-state index in [2.05, 4.69) is 62.0 Å². The van der Waals surface area contributed by atoms with Crippen molar-refractivity contribution in [2.75, 3.05) is 50.1 Å². The van der Waals surface area contributed by atoms with Crippen molar-refractivity contribution in [3.8, 4) is 0 Å². The standard InChI is InChI=1S/C20H27N7O/c1-14(2)19-23-18(28-24-19)12-26-7-9-27(10-8-26)15-5-6-17-16(11-15)20(25(3)4)22-13-21-17/h5-6,11,13-14H,7-10,12H2,1-4H3. The zero-order valence-electron chi connectivity index (χ0n) is 17.0. The highest BCUT2D eigenvalue weighted by molar-refractivity contribution is 5.91. The molecule has 0 aliphatic carbocycles. The topological polar surface area (TPSA) is 74.4 Å². The van der Waals surface area contributed by atoms with Crippen LogP contribution in [0.5, 0.6) is 0 Å². The normalized spacial score (nSPS) is 15.5. The van der Waals surface area contributed by atoms with Crippen LogP contribution in [0.3, 0.4) is 0 Å². The molecule has 1 saturated heterocycles. The van der Waals surface area contributed by atoms with E-state index in [0.717, 1.165) is 48.7 Å². The van der Waals surface area contributed by atoms with Crippen molar-refractivity contribution in [3.63, 3.8) is 0 Å². The maximum Gasteiger partial charge on any atom is 0.240 e. The van der Waals surface area contributed by atoms with Gasteiger partial charge in [-0.25, -0.2) is 9.97 Å². The molecule has 148 valence electrons. The Hall–Kier alpha value is -2.74. The predicted octanol–water partition coefficient (Wildman–Crippen LogP) is 2.52. The number of rotatable bonds is 5. The Morgan fingerprint density at radius 2 is 1.89 bits per heavy atom. The van der Waals surface area contributed by atoms with E-state index >= 15 is 0 Å². The summed E-state index contributed by atoms with van der Waals surface area (Å²) >= 11 is 0. The second kappa shape index (κ2) is 7.71. The smallest absolute Gasteiger partial charge is 0.240 e. The van der Waals surface area contributed by atoms with Gasteiger partial charge in [0, 0.05) is 57.3 Å². The summed E-state index contributed by atoms with van der Waals surface area (Å²) in [6, 6.07) is 6.43. The summed E-state index contributed by atoms with van der Waals surface area (Å²) in [6.45, 7) is 8.70. The van der Waals surface area contributed by atoms with Crippen LogP contribution in [0.1, 0.15) is 31.5 Å². The predicted molar refractivity (Wildman–Crippen MR) is 110 cm³/mol. The number of benzene rings is 1. The summed E-state index contributed by atoms with van der Waals surface area (Å²) in [4.78, 5) is 20.1. The highest BCUT2D eigenvalue weighted by atomic mass is 16.5. The quantitative estimate of drug-likeness (QED) is 0.667. The molecule has 3 aromatic rings. The van der Waals surface area contributed by atoms with Gasteiger partial charge in [-0.2, -0.15) is 4.98 Å². The molecule has 28 heavy (non-hydrogen) atoms. The highest BCUT2D eigenvalue weighted by Crippen LogP contribution is 2.27. The molecule has 8 heteroatoms. The van der Waals surface area contributed by atoms with Gasteiger partial charge in [-0.15, -0.1) is 0 Å². The first kappa shape index (κ1) is 18.6. The summed E-state index contributed by atoms with van der Waals surface area (Å²) in [5.74, 6) is 2.72. The molecule has 0 radical (unpaired) electrons. The largest absolute Gasteiger partial charge is 0.369 e. The number of anilines is 2. The fourth-order valence-electron chi connectivity index (χ4n) is 3.51. The molecule has 1 fully saturated rings. The first-order chi connectivity index (χ1) is 13.5. The van der Waals surface area contributed by atoms with Crippen molar-refractivity contribution in [2.24, 2.45) is 0 Å². The van der Waals surface area contributed by atoms with Crippen LogP contribution < -0.4 is 9.80 Å². The number of aromatic nitrogens is 4. The van der Waals surface area contributed by atoms with Gasteiger partial charge in [0.2, 0.25) is 5.89 Å². The summed E-state index contributed by atoms with van der Waals surface area (Å²) in [5, 5.41) is 5.14. The Kier molecular flexibility index (Phi) is 5.13. The average molecular weight is 381 g/mol. The zero-order chi connectivity index (χ0) is 19.7. The van der Waals surface area contributed by atoms with Crippen LogP contribution in [0.25, 0.3) is 10.9 Å². The molecule has 0 unspecified atom stereocenters. The van der Waals surface area contributed by atoms with E-state index in [1.165, 1.54) is 5.69 Å². The van der Waals surface area contributed by atoms with E-state index in [0.29, 0.717) is 18.4 Å². The van der Waals surface area contributed by atoms with Crippen LogP contribution in [0.15, 0.2) is 29.0 Å². The molecule has 4 rings (SSSR count). The third-order valence-electron chi connectivity index (χ3n) is 5.12. The van der Waals surface area contributed by atoms with E-state index in [4.69, 9.17) is 4.52 Å². The van der Waals surface area contributed by atoms with Gasteiger partial charge in [-0.05, 0) is 18.2 Å². The minimum absolute atomic E-state index is 0.290. The Morgan fingerprint density at radius 3 is 2.57 bits per heavy atom. The molecule has 0 N–H and O–H groups in total. The molecular weight excluding hydrogens is 354 g/mol. The van der Waals surface area contributed by atoms with Gasteiger partial charge < -0.3 is 14.3 Å². The molecule has 1 aliphatic rings. The molecule has 2 aromatic heterocycles. The minimum Gasteiger partial charge on any atom is -0.369 e. The Labute approximate surface area is 165 Å². The van der Waals surface area contributed by atoms with Gasteiger partial charge in [-0.3, -0.25) is 4.90 Å². The van der Waals surface area contributed by atoms with Crippen molar-refractivity contribution in [1.29, 1.82) is 0 Å². The van der Waals surface area contributed by atoms with Crippen LogP contribution in [0, 0.1) is 0 Å². The Balaban J connectivity index is 1.44. The van der Waals surface area contributed by atoms with Crippen molar-refractivity contribution in [2.45, 2.75) is 26.3 Å². The van der Waals surface area contributed by atoms with Gasteiger partial charge >= 0.3 is 0 Å². The molecule has 0 atom stereocenters. The Morgan fingerprint density at radius 1 is 1.11 bits per heavy atom. The fraction of sp³-hybridized carbons (Fsp3) is 0.500. The lowest BCUT2D eigenvalue weighted by atomic mass is 10.1. The second-order valence-corrected chi connectivity index (χ2v) is 7.76. The van der Waals surface area contributed by atoms with E-state index in [9.17, 15) is 0 Å². The lowest BCUT2D eigenvalue weighted by Crippen LogP contribution is -2.46. The van der Waals surface area contributed by atoms with Gasteiger partial charge in [0.1, 0.15) is 12.1 Å². The maximum atomic E-state index is 5.39. The van der Waals surface area contributed by atoms with E-state index in [-0.39, 0.29) is 0 Å². The molecule has 0 spiro atoms. The lowest BCUT2D eigenvalue weighted by Gasteiger charge is -2.35. The van der Waals surface area contributed by atoms with Crippen LogP contribution in [0.2, 0.25) is 0 Å². The van der Waals surface area contributed by atoms with Gasteiger partial charge in [0.15, 0.2) is 5.82 Å². The van der Waals surface area contributed by atoms with E-state index in [1.807, 2.05) is 19.0 Å². The average Bonchev–Trinajstić information content (AvgIpc) is 3.16. The molecular formula is C20H27N7O. The lowest BCUT2D eigenvalue weighted by molar-refractivity contribution is 0.215. The van der Waals surface area contributed by atoms with Crippen LogP contribution >= 0.6 is 0 Å². The summed E-state index contributed by atoms with van der Waals surface area (Å²) in [7, 11) is 4.02. The summed E-state index contributed by atoms with van der Waals surface area (Å²) < 4.78 is 5.39. The number of fused-ring (bicyclic) bond motifs is 1. The SMILES string of the molecule is CC(C)c1noc(CN2CCN(c3ccc4ncnc(N(C)C)c4c3)CC2)n1. The fourth-order valence-corrected chi connectivity index (χ4v) is 3.51. The van der Waals surface area contributed by atoms with Crippen LogP contribution in [-0.2, 0) is 6.54 Å². The maximum absolute atomic E-state index is 5.39. The molecule has 8 nitrogen and oxygen atoms in total. The van der Waals surface area contributed by atoms with Crippen molar-refractivity contribution in [1.82, 2.24) is 25.0 Å². The second-order valence-electron chi connectivity index (χ2n) is 7.76. The monoisotopic (exact) mass is 381 g/mol. The summed E-state index contributed by atoms with van der Waals surface area (Å²) in [6.07, 6.45) is 1.62. The molecule has 0 bridgehead atoms. The molecule has 1 aromatic carbocycles. The zero-order valence-corrected chi connectivity index (χ0v) is 17.0. The van der Waals surface area contributed by atoms with Gasteiger partial charge in [0.05, 0.1) is 12.1 Å². The first-order valence-electron chi connectivity index (χ1n) is 9.73. The molecule has 0 saturated carbocycles.